The van der Waals surface area contributed by atoms with Crippen LogP contribution >= 0.6 is 7.52 Å². The van der Waals surface area contributed by atoms with Crippen molar-refractivity contribution in [2.75, 3.05) is 13.3 Å². The molecular weight excluding hydrogens is 651 g/mol. The fourth-order valence-corrected chi connectivity index (χ4v) is 7.58. The predicted molar refractivity (Wildman–Crippen MR) is 171 cm³/mol. The van der Waals surface area contributed by atoms with E-state index in [2.05, 4.69) is 10.4 Å². The first-order valence-electron chi connectivity index (χ1n) is 15.2. The van der Waals surface area contributed by atoms with Gasteiger partial charge in [0, 0.05) is 31.5 Å². The number of amides is 1. The SMILES string of the molecule is COC1Cn2cc(C(=O)NCc3ccc(F)cc3F)c(=O)c(O)c2C(=O)C1(C)CCP(=O)(N[C@@H](C)C(=O)OC(C)C)Oc1ccccc1. The van der Waals surface area contributed by atoms with E-state index in [9.17, 15) is 37.6 Å². The number of ketones is 1. The molecule has 0 bridgehead atoms. The van der Waals surface area contributed by atoms with E-state index in [0.717, 1.165) is 18.3 Å². The van der Waals surface area contributed by atoms with Crippen LogP contribution in [-0.4, -0.2) is 58.9 Å². The van der Waals surface area contributed by atoms with Crippen LogP contribution in [0, 0.1) is 17.0 Å². The van der Waals surface area contributed by atoms with Gasteiger partial charge in [-0.3, -0.25) is 23.7 Å². The number of hydrogen-bond donors (Lipinski definition) is 3. The number of halogens is 2. The number of fused-ring (bicyclic) bond motifs is 1. The average molecular weight is 690 g/mol. The van der Waals surface area contributed by atoms with Gasteiger partial charge in [0.2, 0.25) is 5.43 Å². The molecule has 0 saturated heterocycles. The Hall–Kier alpha value is -4.39. The van der Waals surface area contributed by atoms with Crippen LogP contribution in [0.1, 0.15) is 60.5 Å². The number of para-hydroxylation sites is 1. The molecule has 4 atom stereocenters. The highest BCUT2D eigenvalue weighted by molar-refractivity contribution is 7.57. The molecule has 0 radical (unpaired) electrons. The Bertz CT molecular complexity index is 1800. The molecule has 0 fully saturated rings. The lowest BCUT2D eigenvalue weighted by Crippen LogP contribution is -2.50. The first kappa shape index (κ1) is 36.4. The fourth-order valence-electron chi connectivity index (χ4n) is 5.39. The van der Waals surface area contributed by atoms with Crippen molar-refractivity contribution in [2.45, 2.75) is 65.5 Å². The Balaban J connectivity index is 1.61. The van der Waals surface area contributed by atoms with Crippen LogP contribution in [0.25, 0.3) is 0 Å². The van der Waals surface area contributed by atoms with Gasteiger partial charge >= 0.3 is 13.5 Å². The number of Topliss-reactive ketones (excluding diaryl/α,β-unsaturated/α-hetero) is 1. The second kappa shape index (κ2) is 14.8. The van der Waals surface area contributed by atoms with Gasteiger partial charge < -0.3 is 29.0 Å². The van der Waals surface area contributed by atoms with E-state index in [0.29, 0.717) is 6.07 Å². The number of benzene rings is 2. The summed E-state index contributed by atoms with van der Waals surface area (Å²) < 4.78 is 59.6. The third-order valence-corrected chi connectivity index (χ3v) is 10.2. The fraction of sp³-hybridized carbons (Fsp3) is 0.394. The molecule has 0 spiro atoms. The number of ether oxygens (including phenoxy) is 2. The molecule has 2 heterocycles. The minimum absolute atomic E-state index is 0.0355. The lowest BCUT2D eigenvalue weighted by molar-refractivity contribution is -0.149. The van der Waals surface area contributed by atoms with Crippen molar-refractivity contribution in [3.05, 3.63) is 93.4 Å². The summed E-state index contributed by atoms with van der Waals surface area (Å²) in [6.45, 7) is 5.89. The predicted octanol–water partition coefficient (Wildman–Crippen LogP) is 4.57. The number of methoxy groups -OCH3 is 1. The molecule has 4 rings (SSSR count). The number of aromatic nitrogens is 1. The minimum atomic E-state index is -3.92. The number of rotatable bonds is 13. The van der Waals surface area contributed by atoms with Gasteiger partial charge in [0.15, 0.2) is 11.5 Å². The van der Waals surface area contributed by atoms with Crippen LogP contribution < -0.4 is 20.4 Å². The lowest BCUT2D eigenvalue weighted by Gasteiger charge is -2.41. The van der Waals surface area contributed by atoms with E-state index in [1.54, 1.807) is 44.2 Å². The second-order valence-electron chi connectivity index (χ2n) is 12.0. The van der Waals surface area contributed by atoms with Gasteiger partial charge in [-0.05, 0) is 52.3 Å². The zero-order valence-electron chi connectivity index (χ0n) is 27.1. The van der Waals surface area contributed by atoms with E-state index < -0.39 is 77.2 Å². The maximum Gasteiger partial charge on any atom is 0.323 e. The monoisotopic (exact) mass is 689 g/mol. The van der Waals surface area contributed by atoms with Crippen LogP contribution in [0.4, 0.5) is 8.78 Å². The van der Waals surface area contributed by atoms with E-state index in [4.69, 9.17) is 14.0 Å². The maximum atomic E-state index is 14.3. The molecule has 15 heteroatoms. The number of carbonyl (C=O) groups is 3. The smallest absolute Gasteiger partial charge is 0.323 e. The van der Waals surface area contributed by atoms with Crippen LogP contribution in [0.15, 0.2) is 59.5 Å². The quantitative estimate of drug-likeness (QED) is 0.171. The van der Waals surface area contributed by atoms with Gasteiger partial charge in [-0.2, -0.15) is 0 Å². The minimum Gasteiger partial charge on any atom is -0.503 e. The van der Waals surface area contributed by atoms with Gasteiger partial charge in [0.25, 0.3) is 5.91 Å². The van der Waals surface area contributed by atoms with Crippen molar-refractivity contribution in [1.82, 2.24) is 15.0 Å². The van der Waals surface area contributed by atoms with Crippen molar-refractivity contribution in [3.8, 4) is 11.5 Å². The van der Waals surface area contributed by atoms with Gasteiger partial charge in [0.05, 0.1) is 30.3 Å². The Morgan fingerprint density at radius 2 is 1.81 bits per heavy atom. The summed E-state index contributed by atoms with van der Waals surface area (Å²) in [7, 11) is -2.57. The van der Waals surface area contributed by atoms with Crippen molar-refractivity contribution in [2.24, 2.45) is 5.41 Å². The highest BCUT2D eigenvalue weighted by Crippen LogP contribution is 2.49. The number of nitrogens with one attached hydrogen (secondary N) is 2. The molecule has 1 amide bonds. The molecule has 1 aliphatic rings. The van der Waals surface area contributed by atoms with Crippen LogP contribution in [0.3, 0.4) is 0 Å². The highest BCUT2D eigenvalue weighted by atomic mass is 31.2. The van der Waals surface area contributed by atoms with E-state index in [-0.39, 0.29) is 42.7 Å². The number of carbonyl (C=O) groups excluding carboxylic acids is 3. The molecule has 2 aromatic carbocycles. The normalized spacial score (nSPS) is 19.2. The van der Waals surface area contributed by atoms with Crippen molar-refractivity contribution < 1.29 is 46.8 Å². The molecular formula is C33H38F2N3O9P. The van der Waals surface area contributed by atoms with E-state index in [1.807, 2.05) is 0 Å². The number of hydrogen-bond acceptors (Lipinski definition) is 9. The molecule has 1 aliphatic heterocycles. The third-order valence-electron chi connectivity index (χ3n) is 8.06. The van der Waals surface area contributed by atoms with Crippen molar-refractivity contribution in [3.63, 3.8) is 0 Å². The first-order chi connectivity index (χ1) is 22.6. The van der Waals surface area contributed by atoms with E-state index in [1.165, 1.54) is 25.5 Å². The summed E-state index contributed by atoms with van der Waals surface area (Å²) in [5.41, 5.74) is -3.52. The second-order valence-corrected chi connectivity index (χ2v) is 14.2. The van der Waals surface area contributed by atoms with Gasteiger partial charge in [-0.15, -0.1) is 0 Å². The summed E-state index contributed by atoms with van der Waals surface area (Å²) >= 11 is 0. The van der Waals surface area contributed by atoms with E-state index >= 15 is 0 Å². The zero-order chi connectivity index (χ0) is 35.4. The maximum absolute atomic E-state index is 14.3. The lowest BCUT2D eigenvalue weighted by atomic mass is 9.73. The third kappa shape index (κ3) is 8.00. The molecule has 3 aromatic rings. The van der Waals surface area contributed by atoms with Crippen LogP contribution in [0.2, 0.25) is 0 Å². The Morgan fingerprint density at radius 1 is 1.12 bits per heavy atom. The molecule has 48 heavy (non-hydrogen) atoms. The van der Waals surface area contributed by atoms with Crippen molar-refractivity contribution in [1.29, 1.82) is 0 Å². The molecule has 3 unspecified atom stereocenters. The molecule has 258 valence electrons. The number of aromatic hydroxyl groups is 1. The van der Waals surface area contributed by atoms with Crippen molar-refractivity contribution >= 4 is 25.2 Å². The summed E-state index contributed by atoms with van der Waals surface area (Å²) in [6, 6.07) is 10.0. The molecule has 0 aliphatic carbocycles. The Kier molecular flexibility index (Phi) is 11.2. The molecule has 1 aromatic heterocycles. The summed E-state index contributed by atoms with van der Waals surface area (Å²) in [5, 5.41) is 16.1. The zero-order valence-corrected chi connectivity index (χ0v) is 28.0. The first-order valence-corrected chi connectivity index (χ1v) is 17.0. The Labute approximate surface area is 275 Å². The molecule has 12 nitrogen and oxygen atoms in total. The number of pyridine rings is 1. The summed E-state index contributed by atoms with van der Waals surface area (Å²) in [4.78, 5) is 52.7. The number of esters is 1. The molecule has 3 N–H and O–H groups in total. The highest BCUT2D eigenvalue weighted by Gasteiger charge is 2.49. The van der Waals surface area contributed by atoms with Crippen LogP contribution in [0.5, 0.6) is 11.5 Å². The number of nitrogens with zero attached hydrogens (tertiary/aromatic N) is 1. The summed E-state index contributed by atoms with van der Waals surface area (Å²) in [5.74, 6) is -4.75. The Morgan fingerprint density at radius 3 is 2.44 bits per heavy atom. The van der Waals surface area contributed by atoms with Crippen LogP contribution in [-0.2, 0) is 31.9 Å². The van der Waals surface area contributed by atoms with Gasteiger partial charge in [0.1, 0.15) is 34.7 Å². The largest absolute Gasteiger partial charge is 0.503 e. The summed E-state index contributed by atoms with van der Waals surface area (Å²) in [6.07, 6.45) is -0.610. The van der Waals surface area contributed by atoms with Gasteiger partial charge in [-0.25, -0.2) is 13.9 Å². The van der Waals surface area contributed by atoms with Gasteiger partial charge in [-0.1, -0.05) is 24.3 Å². The standard InChI is InChI=1S/C33H38F2N3O9P/c1-19(2)46-32(43)20(3)37-48(44,47-23-9-7-6-8-10-23)14-13-33(4)26(45-5)18-38-17-24(28(39)29(40)27(38)30(33)41)31(42)36-16-21-11-12-22(34)15-25(21)35/h6-12,15,17,19-20,26,40H,13-14,16,18H2,1-5H3,(H,36,42)(H,37,44)/t20-,26?,33?,48?/m0/s1. The topological polar surface area (TPSA) is 162 Å². The molecule has 0 saturated carbocycles. The average Bonchev–Trinajstić information content (AvgIpc) is 3.03.